The van der Waals surface area contributed by atoms with Crippen LogP contribution in [0.25, 0.3) is 0 Å². The van der Waals surface area contributed by atoms with Crippen LogP contribution in [0.3, 0.4) is 0 Å². The Morgan fingerprint density at radius 1 is 1.33 bits per heavy atom. The molecule has 0 aliphatic carbocycles. The summed E-state index contributed by atoms with van der Waals surface area (Å²) in [4.78, 5) is 13.4. The van der Waals surface area contributed by atoms with Gasteiger partial charge in [0.05, 0.1) is 0 Å². The van der Waals surface area contributed by atoms with Crippen molar-refractivity contribution in [2.75, 3.05) is 11.4 Å². The van der Waals surface area contributed by atoms with Crippen LogP contribution in [0.4, 0.5) is 10.1 Å². The SMILES string of the molecule is Cc1cc(N2CCCCC2=O)ccc1F. The molecule has 1 aromatic carbocycles. The number of carbonyl (C=O) groups is 1. The van der Waals surface area contributed by atoms with Crippen LogP contribution in [-0.4, -0.2) is 12.5 Å². The third-order valence-electron chi connectivity index (χ3n) is 2.78. The second kappa shape index (κ2) is 4.01. The molecule has 1 saturated heterocycles. The summed E-state index contributed by atoms with van der Waals surface area (Å²) in [6.07, 6.45) is 2.61. The van der Waals surface area contributed by atoms with Crippen LogP contribution in [0, 0.1) is 12.7 Å². The normalized spacial score (nSPS) is 16.9. The fraction of sp³-hybridized carbons (Fsp3) is 0.417. The number of rotatable bonds is 1. The molecule has 1 aliphatic rings. The Morgan fingerprint density at radius 2 is 2.13 bits per heavy atom. The van der Waals surface area contributed by atoms with E-state index in [9.17, 15) is 9.18 Å². The Hall–Kier alpha value is -1.38. The lowest BCUT2D eigenvalue weighted by atomic mass is 10.1. The maximum absolute atomic E-state index is 13.1. The highest BCUT2D eigenvalue weighted by molar-refractivity contribution is 5.94. The van der Waals surface area contributed by atoms with Gasteiger partial charge in [0.15, 0.2) is 0 Å². The molecule has 0 atom stereocenters. The number of nitrogens with zero attached hydrogens (tertiary/aromatic N) is 1. The lowest BCUT2D eigenvalue weighted by Gasteiger charge is -2.27. The average molecular weight is 207 g/mol. The number of benzene rings is 1. The Morgan fingerprint density at radius 3 is 2.80 bits per heavy atom. The van der Waals surface area contributed by atoms with E-state index in [0.717, 1.165) is 25.1 Å². The largest absolute Gasteiger partial charge is 0.312 e. The van der Waals surface area contributed by atoms with E-state index in [4.69, 9.17) is 0 Å². The third kappa shape index (κ3) is 2.01. The Bertz CT molecular complexity index is 389. The van der Waals surface area contributed by atoms with Crippen LogP contribution in [0.5, 0.6) is 0 Å². The van der Waals surface area contributed by atoms with E-state index in [0.29, 0.717) is 12.0 Å². The minimum atomic E-state index is -0.219. The molecule has 2 nitrogen and oxygen atoms in total. The number of anilines is 1. The molecule has 0 spiro atoms. The predicted octanol–water partition coefficient (Wildman–Crippen LogP) is 2.65. The highest BCUT2D eigenvalue weighted by Gasteiger charge is 2.19. The number of amides is 1. The topological polar surface area (TPSA) is 20.3 Å². The molecule has 1 aliphatic heterocycles. The number of aryl methyl sites for hydroxylation is 1. The molecule has 0 N–H and O–H groups in total. The molecule has 0 bridgehead atoms. The van der Waals surface area contributed by atoms with Crippen molar-refractivity contribution in [1.29, 1.82) is 0 Å². The predicted molar refractivity (Wildman–Crippen MR) is 57.3 cm³/mol. The molecule has 0 aromatic heterocycles. The van der Waals surface area contributed by atoms with E-state index in [1.807, 2.05) is 0 Å². The zero-order chi connectivity index (χ0) is 10.8. The van der Waals surface area contributed by atoms with E-state index in [1.54, 1.807) is 24.0 Å². The summed E-state index contributed by atoms with van der Waals surface area (Å²) in [5.41, 5.74) is 1.41. The van der Waals surface area contributed by atoms with Crippen molar-refractivity contribution < 1.29 is 9.18 Å². The first-order valence-electron chi connectivity index (χ1n) is 5.25. The molecule has 1 heterocycles. The quantitative estimate of drug-likeness (QED) is 0.693. The number of carbonyl (C=O) groups excluding carboxylic acids is 1. The van der Waals surface area contributed by atoms with E-state index in [-0.39, 0.29) is 11.7 Å². The number of halogens is 1. The number of piperidine rings is 1. The highest BCUT2D eigenvalue weighted by atomic mass is 19.1. The van der Waals surface area contributed by atoms with Crippen molar-refractivity contribution in [1.82, 2.24) is 0 Å². The second-order valence-corrected chi connectivity index (χ2v) is 3.94. The highest BCUT2D eigenvalue weighted by Crippen LogP contribution is 2.22. The third-order valence-corrected chi connectivity index (χ3v) is 2.78. The average Bonchev–Trinajstić information content (AvgIpc) is 2.23. The summed E-state index contributed by atoms with van der Waals surface area (Å²) in [6, 6.07) is 4.83. The van der Waals surface area contributed by atoms with Crippen LogP contribution in [-0.2, 0) is 4.79 Å². The van der Waals surface area contributed by atoms with Crippen LogP contribution in [0.2, 0.25) is 0 Å². The zero-order valence-corrected chi connectivity index (χ0v) is 8.79. The summed E-state index contributed by atoms with van der Waals surface area (Å²) in [5, 5.41) is 0. The van der Waals surface area contributed by atoms with Crippen LogP contribution in [0.15, 0.2) is 18.2 Å². The minimum absolute atomic E-state index is 0.146. The lowest BCUT2D eigenvalue weighted by Crippen LogP contribution is -2.35. The van der Waals surface area contributed by atoms with Crippen molar-refractivity contribution in [3.8, 4) is 0 Å². The van der Waals surface area contributed by atoms with Crippen molar-refractivity contribution >= 4 is 11.6 Å². The Kier molecular flexibility index (Phi) is 2.71. The van der Waals surface area contributed by atoms with Gasteiger partial charge < -0.3 is 4.90 Å². The molecule has 1 fully saturated rings. The van der Waals surface area contributed by atoms with Gasteiger partial charge in [0, 0.05) is 18.7 Å². The molecular weight excluding hydrogens is 193 g/mol. The molecule has 2 rings (SSSR count). The maximum atomic E-state index is 13.1. The minimum Gasteiger partial charge on any atom is -0.312 e. The molecule has 0 radical (unpaired) electrons. The number of hydrogen-bond donors (Lipinski definition) is 0. The first-order chi connectivity index (χ1) is 7.18. The van der Waals surface area contributed by atoms with Crippen molar-refractivity contribution in [2.24, 2.45) is 0 Å². The van der Waals surface area contributed by atoms with Crippen molar-refractivity contribution in [2.45, 2.75) is 26.2 Å². The maximum Gasteiger partial charge on any atom is 0.226 e. The van der Waals surface area contributed by atoms with E-state index < -0.39 is 0 Å². The van der Waals surface area contributed by atoms with Crippen molar-refractivity contribution in [3.63, 3.8) is 0 Å². The second-order valence-electron chi connectivity index (χ2n) is 3.94. The van der Waals surface area contributed by atoms with E-state index in [1.165, 1.54) is 6.07 Å². The molecule has 1 amide bonds. The lowest BCUT2D eigenvalue weighted by molar-refractivity contribution is -0.119. The number of hydrogen-bond acceptors (Lipinski definition) is 1. The summed E-state index contributed by atoms with van der Waals surface area (Å²) in [6.45, 7) is 2.47. The fourth-order valence-corrected chi connectivity index (χ4v) is 1.88. The van der Waals surface area contributed by atoms with Gasteiger partial charge in [0.1, 0.15) is 5.82 Å². The van der Waals surface area contributed by atoms with Gasteiger partial charge >= 0.3 is 0 Å². The zero-order valence-electron chi connectivity index (χ0n) is 8.79. The summed E-state index contributed by atoms with van der Waals surface area (Å²) >= 11 is 0. The van der Waals surface area contributed by atoms with Gasteiger partial charge in [0.25, 0.3) is 0 Å². The van der Waals surface area contributed by atoms with Gasteiger partial charge in [-0.2, -0.15) is 0 Å². The van der Waals surface area contributed by atoms with E-state index in [2.05, 4.69) is 0 Å². The monoisotopic (exact) mass is 207 g/mol. The fourth-order valence-electron chi connectivity index (χ4n) is 1.88. The van der Waals surface area contributed by atoms with Crippen molar-refractivity contribution in [3.05, 3.63) is 29.6 Å². The van der Waals surface area contributed by atoms with Gasteiger partial charge in [-0.1, -0.05) is 0 Å². The van der Waals surface area contributed by atoms with Gasteiger partial charge in [0.2, 0.25) is 5.91 Å². The van der Waals surface area contributed by atoms with Gasteiger partial charge in [-0.05, 0) is 43.5 Å². The van der Waals surface area contributed by atoms with Gasteiger partial charge in [-0.25, -0.2) is 4.39 Å². The van der Waals surface area contributed by atoms with Gasteiger partial charge in [-0.3, -0.25) is 4.79 Å². The molecule has 0 unspecified atom stereocenters. The van der Waals surface area contributed by atoms with Gasteiger partial charge in [-0.15, -0.1) is 0 Å². The van der Waals surface area contributed by atoms with Crippen LogP contribution >= 0.6 is 0 Å². The summed E-state index contributed by atoms with van der Waals surface area (Å²) in [5.74, 6) is -0.0736. The Balaban J connectivity index is 2.28. The first kappa shape index (κ1) is 10.1. The molecule has 1 aromatic rings. The van der Waals surface area contributed by atoms with Crippen LogP contribution < -0.4 is 4.90 Å². The molecule has 0 saturated carbocycles. The standard InChI is InChI=1S/C12H14FNO/c1-9-8-10(5-6-11(9)13)14-7-3-2-4-12(14)15/h5-6,8H,2-4,7H2,1H3. The molecule has 15 heavy (non-hydrogen) atoms. The molecular formula is C12H14FNO. The van der Waals surface area contributed by atoms with E-state index >= 15 is 0 Å². The Labute approximate surface area is 88.7 Å². The summed E-state index contributed by atoms with van der Waals surface area (Å²) in [7, 11) is 0. The molecule has 3 heteroatoms. The summed E-state index contributed by atoms with van der Waals surface area (Å²) < 4.78 is 13.1. The molecule has 80 valence electrons. The smallest absolute Gasteiger partial charge is 0.226 e. The van der Waals surface area contributed by atoms with Crippen LogP contribution in [0.1, 0.15) is 24.8 Å². The first-order valence-corrected chi connectivity index (χ1v) is 5.25.